The van der Waals surface area contributed by atoms with Crippen molar-refractivity contribution in [1.82, 2.24) is 10.9 Å². The number of hydrogen-bond acceptors (Lipinski definition) is 9. The SMILES string of the molecule is Cc1c(C(=O)NNC(=O)c2ccc(F)cc2)oc2c1/C(=N/Nc1ccc([N+](=O)[O-])cc1[N+](=O)[O-])CCC2. The Morgan fingerprint density at radius 2 is 1.70 bits per heavy atom. The Morgan fingerprint density at radius 1 is 1.00 bits per heavy atom. The Hall–Kier alpha value is -5.14. The molecule has 0 saturated carbocycles. The van der Waals surface area contributed by atoms with E-state index in [4.69, 9.17) is 4.42 Å². The van der Waals surface area contributed by atoms with Crippen LogP contribution in [0.5, 0.6) is 0 Å². The highest BCUT2D eigenvalue weighted by Gasteiger charge is 2.28. The molecule has 1 heterocycles. The van der Waals surface area contributed by atoms with E-state index in [1.54, 1.807) is 6.92 Å². The zero-order valence-electron chi connectivity index (χ0n) is 19.2. The minimum absolute atomic E-state index is 0.0437. The molecule has 2 aromatic carbocycles. The summed E-state index contributed by atoms with van der Waals surface area (Å²) in [7, 11) is 0. The summed E-state index contributed by atoms with van der Waals surface area (Å²) in [4.78, 5) is 45.7. The van der Waals surface area contributed by atoms with Gasteiger partial charge in [0.2, 0.25) is 0 Å². The van der Waals surface area contributed by atoms with E-state index in [9.17, 15) is 34.2 Å². The van der Waals surface area contributed by atoms with Crippen LogP contribution in [0.4, 0.5) is 21.5 Å². The van der Waals surface area contributed by atoms with Gasteiger partial charge in [0, 0.05) is 29.2 Å². The minimum atomic E-state index is -0.756. The number of hydrazine groups is 1. The van der Waals surface area contributed by atoms with Gasteiger partial charge in [-0.1, -0.05) is 0 Å². The number of nitro benzene ring substituents is 2. The van der Waals surface area contributed by atoms with Crippen LogP contribution in [0.1, 0.15) is 50.6 Å². The number of nitrogens with one attached hydrogen (secondary N) is 3. The first kappa shape index (κ1) is 25.0. The van der Waals surface area contributed by atoms with Gasteiger partial charge in [-0.05, 0) is 50.1 Å². The predicted octanol–water partition coefficient (Wildman–Crippen LogP) is 3.77. The molecule has 0 fully saturated rings. The molecule has 0 unspecified atom stereocenters. The van der Waals surface area contributed by atoms with Crippen LogP contribution in [0, 0.1) is 33.0 Å². The van der Waals surface area contributed by atoms with E-state index in [-0.39, 0.29) is 17.0 Å². The fraction of sp³-hybridized carbons (Fsp3) is 0.174. The molecule has 1 aliphatic rings. The second-order valence-electron chi connectivity index (χ2n) is 8.01. The second kappa shape index (κ2) is 10.2. The second-order valence-corrected chi connectivity index (χ2v) is 8.01. The standard InChI is InChI=1S/C23H19FN6O7/c1-12-20-17(26-25-16-10-9-15(29(33)34)11-18(16)30(35)36)3-2-4-19(20)37-21(12)23(32)28-27-22(31)13-5-7-14(24)8-6-13/h5-11,25H,2-4H2,1H3,(H,27,31)(H,28,32)/b26-17+. The molecule has 13 nitrogen and oxygen atoms in total. The van der Waals surface area contributed by atoms with Crippen molar-refractivity contribution < 1.29 is 28.2 Å². The van der Waals surface area contributed by atoms with Gasteiger partial charge in [-0.2, -0.15) is 5.10 Å². The number of anilines is 1. The highest BCUT2D eigenvalue weighted by Crippen LogP contribution is 2.32. The van der Waals surface area contributed by atoms with Gasteiger partial charge in [-0.3, -0.25) is 46.1 Å². The van der Waals surface area contributed by atoms with Crippen LogP contribution in [-0.4, -0.2) is 27.4 Å². The van der Waals surface area contributed by atoms with Crippen molar-refractivity contribution >= 4 is 34.6 Å². The average molecular weight is 510 g/mol. The van der Waals surface area contributed by atoms with E-state index in [1.807, 2.05) is 0 Å². The Balaban J connectivity index is 1.53. The number of hydrogen-bond donors (Lipinski definition) is 3. The molecule has 0 bridgehead atoms. The van der Waals surface area contributed by atoms with Crippen LogP contribution in [0.15, 0.2) is 52.0 Å². The van der Waals surface area contributed by atoms with Gasteiger partial charge in [0.15, 0.2) is 5.76 Å². The third-order valence-electron chi connectivity index (χ3n) is 5.63. The summed E-state index contributed by atoms with van der Waals surface area (Å²) in [5, 5.41) is 26.6. The molecule has 1 aromatic heterocycles. The van der Waals surface area contributed by atoms with Gasteiger partial charge in [0.1, 0.15) is 17.3 Å². The minimum Gasteiger partial charge on any atom is -0.455 e. The Bertz CT molecular complexity index is 1450. The Morgan fingerprint density at radius 3 is 2.38 bits per heavy atom. The maximum Gasteiger partial charge on any atom is 0.305 e. The smallest absolute Gasteiger partial charge is 0.305 e. The highest BCUT2D eigenvalue weighted by molar-refractivity contribution is 6.07. The first-order valence-electron chi connectivity index (χ1n) is 10.9. The number of aryl methyl sites for hydroxylation is 1. The lowest BCUT2D eigenvalue weighted by Gasteiger charge is -2.13. The predicted molar refractivity (Wildman–Crippen MR) is 128 cm³/mol. The van der Waals surface area contributed by atoms with Crippen LogP contribution >= 0.6 is 0 Å². The summed E-state index contributed by atoms with van der Waals surface area (Å²) >= 11 is 0. The summed E-state index contributed by atoms with van der Waals surface area (Å²) in [5.41, 5.74) is 7.71. The molecular weight excluding hydrogens is 491 g/mol. The number of non-ortho nitro benzene ring substituents is 1. The van der Waals surface area contributed by atoms with Crippen molar-refractivity contribution in [1.29, 1.82) is 0 Å². The Labute approximate surface area is 207 Å². The van der Waals surface area contributed by atoms with Crippen molar-refractivity contribution in [2.24, 2.45) is 5.10 Å². The first-order valence-corrected chi connectivity index (χ1v) is 10.9. The number of furan rings is 1. The van der Waals surface area contributed by atoms with Gasteiger partial charge >= 0.3 is 11.6 Å². The number of benzene rings is 2. The molecule has 0 atom stereocenters. The number of rotatable bonds is 6. The van der Waals surface area contributed by atoms with Crippen LogP contribution in [0.25, 0.3) is 0 Å². The van der Waals surface area contributed by atoms with Crippen molar-refractivity contribution in [2.45, 2.75) is 26.2 Å². The number of halogens is 1. The van der Waals surface area contributed by atoms with E-state index in [1.165, 1.54) is 18.2 Å². The lowest BCUT2D eigenvalue weighted by Crippen LogP contribution is -2.41. The number of amides is 2. The van der Waals surface area contributed by atoms with Crippen molar-refractivity contribution in [2.75, 3.05) is 5.43 Å². The summed E-state index contributed by atoms with van der Waals surface area (Å²) in [6.45, 7) is 1.63. The monoisotopic (exact) mass is 510 g/mol. The zero-order valence-corrected chi connectivity index (χ0v) is 19.2. The van der Waals surface area contributed by atoms with E-state index in [0.29, 0.717) is 41.9 Å². The molecule has 0 spiro atoms. The topological polar surface area (TPSA) is 182 Å². The molecule has 2 amide bonds. The quantitative estimate of drug-likeness (QED) is 0.331. The maximum absolute atomic E-state index is 13.0. The lowest BCUT2D eigenvalue weighted by molar-refractivity contribution is -0.393. The zero-order chi connectivity index (χ0) is 26.7. The van der Waals surface area contributed by atoms with Crippen LogP contribution < -0.4 is 16.3 Å². The molecule has 0 saturated heterocycles. The van der Waals surface area contributed by atoms with Crippen molar-refractivity contribution in [3.8, 4) is 0 Å². The van der Waals surface area contributed by atoms with E-state index < -0.39 is 38.9 Å². The molecule has 3 N–H and O–H groups in total. The van der Waals surface area contributed by atoms with Gasteiger partial charge in [0.25, 0.3) is 11.6 Å². The third-order valence-corrected chi connectivity index (χ3v) is 5.63. The fourth-order valence-electron chi connectivity index (χ4n) is 3.85. The molecular formula is C23H19FN6O7. The number of nitrogens with zero attached hydrogens (tertiary/aromatic N) is 3. The first-order chi connectivity index (χ1) is 17.7. The highest BCUT2D eigenvalue weighted by atomic mass is 19.1. The maximum atomic E-state index is 13.0. The fourth-order valence-corrected chi connectivity index (χ4v) is 3.85. The number of carbonyl (C=O) groups is 2. The summed E-state index contributed by atoms with van der Waals surface area (Å²) in [6.07, 6.45) is 1.62. The number of carbonyl (C=O) groups excluding carboxylic acids is 2. The number of nitro groups is 2. The van der Waals surface area contributed by atoms with Gasteiger partial charge in [-0.25, -0.2) is 4.39 Å². The summed E-state index contributed by atoms with van der Waals surface area (Å²) < 4.78 is 18.8. The average Bonchev–Trinajstić information content (AvgIpc) is 3.23. The number of fused-ring (bicyclic) bond motifs is 1. The molecule has 14 heteroatoms. The molecule has 37 heavy (non-hydrogen) atoms. The molecule has 1 aliphatic carbocycles. The normalized spacial score (nSPS) is 13.5. The van der Waals surface area contributed by atoms with Gasteiger partial charge < -0.3 is 4.42 Å². The van der Waals surface area contributed by atoms with Crippen LogP contribution in [-0.2, 0) is 6.42 Å². The molecule has 190 valence electrons. The van der Waals surface area contributed by atoms with E-state index in [2.05, 4.69) is 21.4 Å². The van der Waals surface area contributed by atoms with Crippen molar-refractivity contribution in [3.63, 3.8) is 0 Å². The van der Waals surface area contributed by atoms with Gasteiger partial charge in [0.05, 0.1) is 21.6 Å². The van der Waals surface area contributed by atoms with Crippen molar-refractivity contribution in [3.05, 3.63) is 96.7 Å². The van der Waals surface area contributed by atoms with Crippen LogP contribution in [0.3, 0.4) is 0 Å². The molecule has 3 aromatic rings. The largest absolute Gasteiger partial charge is 0.455 e. The Kier molecular flexibility index (Phi) is 6.90. The number of hydrazone groups is 1. The molecule has 0 aliphatic heterocycles. The van der Waals surface area contributed by atoms with Gasteiger partial charge in [-0.15, -0.1) is 0 Å². The van der Waals surface area contributed by atoms with E-state index in [0.717, 1.165) is 24.3 Å². The van der Waals surface area contributed by atoms with E-state index >= 15 is 0 Å². The lowest BCUT2D eigenvalue weighted by atomic mass is 9.93. The summed E-state index contributed by atoms with van der Waals surface area (Å²) in [6, 6.07) is 7.89. The molecule has 4 rings (SSSR count). The van der Waals surface area contributed by atoms with Crippen LogP contribution in [0.2, 0.25) is 0 Å². The third kappa shape index (κ3) is 5.27. The summed E-state index contributed by atoms with van der Waals surface area (Å²) in [5.74, 6) is -1.45. The molecule has 0 radical (unpaired) electrons.